The highest BCUT2D eigenvalue weighted by atomic mass is 35.5. The van der Waals surface area contributed by atoms with Crippen LogP contribution in [0.25, 0.3) is 11.3 Å². The van der Waals surface area contributed by atoms with Crippen LogP contribution in [0.5, 0.6) is 17.4 Å². The van der Waals surface area contributed by atoms with Gasteiger partial charge in [0.15, 0.2) is 0 Å². The van der Waals surface area contributed by atoms with Crippen molar-refractivity contribution in [1.82, 2.24) is 9.97 Å². The first-order chi connectivity index (χ1) is 15.1. The van der Waals surface area contributed by atoms with Gasteiger partial charge in [-0.1, -0.05) is 29.8 Å². The molecule has 0 bridgehead atoms. The van der Waals surface area contributed by atoms with Crippen molar-refractivity contribution in [3.63, 3.8) is 0 Å². The first-order valence-corrected chi connectivity index (χ1v) is 9.80. The molecule has 0 atom stereocenters. The number of ether oxygens (including phenoxy) is 2. The number of amides is 1. The third-order valence-electron chi connectivity index (χ3n) is 4.43. The van der Waals surface area contributed by atoms with Crippen molar-refractivity contribution in [2.24, 2.45) is 0 Å². The largest absolute Gasteiger partial charge is 0.497 e. The predicted molar refractivity (Wildman–Crippen MR) is 120 cm³/mol. The number of halogens is 1. The molecule has 4 rings (SSSR count). The number of benzene rings is 3. The number of nitrogens with one attached hydrogen (secondary N) is 1. The van der Waals surface area contributed by atoms with E-state index in [0.717, 1.165) is 11.3 Å². The van der Waals surface area contributed by atoms with E-state index in [-0.39, 0.29) is 5.91 Å². The number of methoxy groups -OCH3 is 1. The minimum atomic E-state index is -0.243. The van der Waals surface area contributed by atoms with Crippen molar-refractivity contribution in [3.05, 3.63) is 95.8 Å². The fourth-order valence-corrected chi connectivity index (χ4v) is 3.10. The van der Waals surface area contributed by atoms with Crippen LogP contribution in [-0.4, -0.2) is 23.0 Å². The SMILES string of the molecule is COc1ccc(Oc2cc(-c3cccc(C(=O)Nc4cccc(Cl)c4)c3)ncn2)cc1. The number of anilines is 1. The van der Waals surface area contributed by atoms with Gasteiger partial charge in [-0.2, -0.15) is 0 Å². The molecule has 1 amide bonds. The Bertz CT molecular complexity index is 1210. The second-order valence-corrected chi connectivity index (χ2v) is 7.00. The minimum Gasteiger partial charge on any atom is -0.497 e. The lowest BCUT2D eigenvalue weighted by molar-refractivity contribution is 0.102. The van der Waals surface area contributed by atoms with Crippen LogP contribution >= 0.6 is 11.6 Å². The molecule has 1 N–H and O–H groups in total. The maximum atomic E-state index is 12.6. The molecule has 0 unspecified atom stereocenters. The molecular weight excluding hydrogens is 414 g/mol. The van der Waals surface area contributed by atoms with E-state index in [1.54, 1.807) is 79.9 Å². The monoisotopic (exact) mass is 431 g/mol. The Balaban J connectivity index is 1.53. The summed E-state index contributed by atoms with van der Waals surface area (Å²) in [6, 6.07) is 23.1. The molecule has 4 aromatic rings. The van der Waals surface area contributed by atoms with Gasteiger partial charge in [-0.05, 0) is 54.6 Å². The molecule has 1 aromatic heterocycles. The maximum Gasteiger partial charge on any atom is 0.255 e. The van der Waals surface area contributed by atoms with Gasteiger partial charge >= 0.3 is 0 Å². The molecule has 0 spiro atoms. The number of hydrogen-bond acceptors (Lipinski definition) is 5. The van der Waals surface area contributed by atoms with Crippen molar-refractivity contribution in [1.29, 1.82) is 0 Å². The zero-order valence-electron chi connectivity index (χ0n) is 16.6. The Morgan fingerprint density at radius 2 is 1.68 bits per heavy atom. The molecule has 6 nitrogen and oxygen atoms in total. The van der Waals surface area contributed by atoms with Crippen LogP contribution in [0.2, 0.25) is 5.02 Å². The smallest absolute Gasteiger partial charge is 0.255 e. The fraction of sp³-hybridized carbons (Fsp3) is 0.0417. The normalized spacial score (nSPS) is 10.4. The fourth-order valence-electron chi connectivity index (χ4n) is 2.91. The van der Waals surface area contributed by atoms with Gasteiger partial charge in [-0.25, -0.2) is 9.97 Å². The first kappa shape index (κ1) is 20.4. The molecule has 0 aliphatic rings. The van der Waals surface area contributed by atoms with E-state index >= 15 is 0 Å². The molecule has 7 heteroatoms. The van der Waals surface area contributed by atoms with Crippen LogP contribution in [-0.2, 0) is 0 Å². The van der Waals surface area contributed by atoms with Crippen molar-refractivity contribution in [2.75, 3.05) is 12.4 Å². The van der Waals surface area contributed by atoms with Gasteiger partial charge < -0.3 is 14.8 Å². The van der Waals surface area contributed by atoms with Gasteiger partial charge in [-0.3, -0.25) is 4.79 Å². The van der Waals surface area contributed by atoms with E-state index in [0.29, 0.717) is 33.6 Å². The second kappa shape index (κ2) is 9.28. The Labute approximate surface area is 184 Å². The molecule has 31 heavy (non-hydrogen) atoms. The topological polar surface area (TPSA) is 73.3 Å². The van der Waals surface area contributed by atoms with Gasteiger partial charge in [0.25, 0.3) is 5.91 Å². The molecule has 0 aliphatic heterocycles. The van der Waals surface area contributed by atoms with Crippen LogP contribution in [0, 0.1) is 0 Å². The van der Waals surface area contributed by atoms with E-state index < -0.39 is 0 Å². The van der Waals surface area contributed by atoms with Crippen molar-refractivity contribution < 1.29 is 14.3 Å². The summed E-state index contributed by atoms with van der Waals surface area (Å²) in [6.07, 6.45) is 1.42. The summed E-state index contributed by atoms with van der Waals surface area (Å²) in [6.45, 7) is 0. The summed E-state index contributed by atoms with van der Waals surface area (Å²) >= 11 is 5.98. The summed E-state index contributed by atoms with van der Waals surface area (Å²) < 4.78 is 11.0. The van der Waals surface area contributed by atoms with E-state index in [1.807, 2.05) is 6.07 Å². The minimum absolute atomic E-state index is 0.243. The Hall–Kier alpha value is -3.90. The lowest BCUT2D eigenvalue weighted by Crippen LogP contribution is -2.11. The quantitative estimate of drug-likeness (QED) is 0.414. The highest BCUT2D eigenvalue weighted by Crippen LogP contribution is 2.26. The van der Waals surface area contributed by atoms with Crippen molar-refractivity contribution >= 4 is 23.2 Å². The highest BCUT2D eigenvalue weighted by molar-refractivity contribution is 6.31. The molecule has 1 heterocycles. The van der Waals surface area contributed by atoms with Crippen LogP contribution in [0.15, 0.2) is 85.2 Å². The molecule has 3 aromatic carbocycles. The van der Waals surface area contributed by atoms with Crippen LogP contribution in [0.3, 0.4) is 0 Å². The van der Waals surface area contributed by atoms with Gasteiger partial charge in [0.1, 0.15) is 17.8 Å². The molecule has 0 aliphatic carbocycles. The zero-order valence-corrected chi connectivity index (χ0v) is 17.3. The number of carbonyl (C=O) groups excluding carboxylic acids is 1. The number of nitrogens with zero attached hydrogens (tertiary/aromatic N) is 2. The van der Waals surface area contributed by atoms with Crippen molar-refractivity contribution in [2.45, 2.75) is 0 Å². The Morgan fingerprint density at radius 1 is 0.903 bits per heavy atom. The second-order valence-electron chi connectivity index (χ2n) is 6.56. The predicted octanol–water partition coefficient (Wildman–Crippen LogP) is 5.85. The highest BCUT2D eigenvalue weighted by Gasteiger charge is 2.10. The summed E-state index contributed by atoms with van der Waals surface area (Å²) in [4.78, 5) is 21.1. The van der Waals surface area contributed by atoms with Gasteiger partial charge in [0, 0.05) is 27.9 Å². The molecular formula is C24H18ClN3O3. The van der Waals surface area contributed by atoms with Gasteiger partial charge in [0.2, 0.25) is 5.88 Å². The van der Waals surface area contributed by atoms with Gasteiger partial charge in [-0.15, -0.1) is 0 Å². The summed E-state index contributed by atoms with van der Waals surface area (Å²) in [5, 5.41) is 3.39. The standard InChI is InChI=1S/C24H18ClN3O3/c1-30-20-8-10-21(11-9-20)31-23-14-22(26-15-27-23)16-4-2-5-17(12-16)24(29)28-19-7-3-6-18(25)13-19/h2-15H,1H3,(H,28,29). The average Bonchev–Trinajstić information content (AvgIpc) is 2.80. The van der Waals surface area contributed by atoms with Crippen LogP contribution in [0.4, 0.5) is 5.69 Å². The summed E-state index contributed by atoms with van der Waals surface area (Å²) in [5.74, 6) is 1.51. The van der Waals surface area contributed by atoms with Crippen LogP contribution in [0.1, 0.15) is 10.4 Å². The van der Waals surface area contributed by atoms with Gasteiger partial charge in [0.05, 0.1) is 12.8 Å². The summed E-state index contributed by atoms with van der Waals surface area (Å²) in [5.41, 5.74) is 2.52. The number of carbonyl (C=O) groups is 1. The number of aromatic nitrogens is 2. The van der Waals surface area contributed by atoms with E-state index in [4.69, 9.17) is 21.1 Å². The molecule has 0 saturated carbocycles. The Kier molecular flexibility index (Phi) is 6.10. The lowest BCUT2D eigenvalue weighted by Gasteiger charge is -2.09. The van der Waals surface area contributed by atoms with Crippen molar-refractivity contribution in [3.8, 4) is 28.6 Å². The zero-order chi connectivity index (χ0) is 21.6. The third kappa shape index (κ3) is 5.18. The molecule has 154 valence electrons. The van der Waals surface area contributed by atoms with E-state index in [1.165, 1.54) is 6.33 Å². The molecule has 0 fully saturated rings. The van der Waals surface area contributed by atoms with E-state index in [2.05, 4.69) is 15.3 Å². The Morgan fingerprint density at radius 3 is 2.45 bits per heavy atom. The summed E-state index contributed by atoms with van der Waals surface area (Å²) in [7, 11) is 1.61. The first-order valence-electron chi connectivity index (χ1n) is 9.42. The lowest BCUT2D eigenvalue weighted by atomic mass is 10.1. The maximum absolute atomic E-state index is 12.6. The van der Waals surface area contributed by atoms with Crippen LogP contribution < -0.4 is 14.8 Å². The number of rotatable bonds is 6. The van der Waals surface area contributed by atoms with E-state index in [9.17, 15) is 4.79 Å². The average molecular weight is 432 g/mol. The molecule has 0 radical (unpaired) electrons. The number of hydrogen-bond donors (Lipinski definition) is 1. The third-order valence-corrected chi connectivity index (χ3v) is 4.66. The molecule has 0 saturated heterocycles.